The van der Waals surface area contributed by atoms with Gasteiger partial charge in [0.05, 0.1) is 30.9 Å². The van der Waals surface area contributed by atoms with E-state index >= 15 is 0 Å². The Balaban J connectivity index is 1.87. The topological polar surface area (TPSA) is 102 Å². The zero-order valence-electron chi connectivity index (χ0n) is 11.0. The van der Waals surface area contributed by atoms with E-state index in [1.807, 2.05) is 6.20 Å². The van der Waals surface area contributed by atoms with Gasteiger partial charge in [-0.2, -0.15) is 10.2 Å². The van der Waals surface area contributed by atoms with Crippen LogP contribution in [0, 0.1) is 0 Å². The van der Waals surface area contributed by atoms with E-state index in [-0.39, 0.29) is 18.9 Å². The van der Waals surface area contributed by atoms with Gasteiger partial charge < -0.3 is 10.4 Å². The van der Waals surface area contributed by atoms with Gasteiger partial charge in [0.1, 0.15) is 0 Å². The first-order chi connectivity index (χ1) is 9.54. The molecule has 0 aliphatic heterocycles. The lowest BCUT2D eigenvalue weighted by atomic mass is 10.3. The Morgan fingerprint density at radius 3 is 2.75 bits per heavy atom. The molecule has 0 aromatic carbocycles. The van der Waals surface area contributed by atoms with Crippen molar-refractivity contribution in [3.63, 3.8) is 0 Å². The first kappa shape index (κ1) is 13.8. The molecule has 8 nitrogen and oxygen atoms in total. The number of hydrogen-bond acceptors (Lipinski definition) is 4. The quantitative estimate of drug-likeness (QED) is 0.775. The SMILES string of the molecule is Cn1cc(CNC(=O)c2cnn(CCC(=O)O)c2)cn1. The molecule has 106 valence electrons. The van der Waals surface area contributed by atoms with Gasteiger partial charge in [-0.3, -0.25) is 19.0 Å². The van der Waals surface area contributed by atoms with E-state index in [9.17, 15) is 9.59 Å². The second kappa shape index (κ2) is 6.00. The summed E-state index contributed by atoms with van der Waals surface area (Å²) in [6, 6.07) is 0. The van der Waals surface area contributed by atoms with Crippen molar-refractivity contribution in [2.75, 3.05) is 0 Å². The monoisotopic (exact) mass is 277 g/mol. The number of carboxylic acid groups (broad SMARTS) is 1. The van der Waals surface area contributed by atoms with Crippen LogP contribution in [0.2, 0.25) is 0 Å². The van der Waals surface area contributed by atoms with Gasteiger partial charge in [-0.05, 0) is 0 Å². The molecular formula is C12H15N5O3. The number of aryl methyl sites for hydroxylation is 2. The summed E-state index contributed by atoms with van der Waals surface area (Å²) in [7, 11) is 1.80. The summed E-state index contributed by atoms with van der Waals surface area (Å²) in [5, 5.41) is 19.3. The summed E-state index contributed by atoms with van der Waals surface area (Å²) in [5.41, 5.74) is 1.30. The largest absolute Gasteiger partial charge is 0.481 e. The maximum Gasteiger partial charge on any atom is 0.305 e. The van der Waals surface area contributed by atoms with Crippen LogP contribution in [0.3, 0.4) is 0 Å². The van der Waals surface area contributed by atoms with Gasteiger partial charge in [-0.15, -0.1) is 0 Å². The molecule has 0 bridgehead atoms. The number of aliphatic carboxylic acids is 1. The molecule has 1 amide bonds. The molecule has 0 radical (unpaired) electrons. The molecule has 0 spiro atoms. The number of carboxylic acids is 1. The van der Waals surface area contributed by atoms with Crippen molar-refractivity contribution >= 4 is 11.9 Å². The lowest BCUT2D eigenvalue weighted by molar-refractivity contribution is -0.137. The van der Waals surface area contributed by atoms with Crippen molar-refractivity contribution in [2.45, 2.75) is 19.5 Å². The van der Waals surface area contributed by atoms with Gasteiger partial charge in [0, 0.05) is 31.5 Å². The Hall–Kier alpha value is -2.64. The molecule has 0 saturated heterocycles. The summed E-state index contributed by atoms with van der Waals surface area (Å²) >= 11 is 0. The van der Waals surface area contributed by atoms with E-state index in [0.717, 1.165) is 5.56 Å². The lowest BCUT2D eigenvalue weighted by Crippen LogP contribution is -2.22. The molecule has 8 heteroatoms. The number of nitrogens with zero attached hydrogens (tertiary/aromatic N) is 4. The molecule has 0 fully saturated rings. The fourth-order valence-corrected chi connectivity index (χ4v) is 1.66. The maximum absolute atomic E-state index is 11.9. The Kier molecular flexibility index (Phi) is 4.14. The fraction of sp³-hybridized carbons (Fsp3) is 0.333. The highest BCUT2D eigenvalue weighted by atomic mass is 16.4. The van der Waals surface area contributed by atoms with Crippen LogP contribution < -0.4 is 5.32 Å². The second-order valence-electron chi connectivity index (χ2n) is 4.34. The Labute approximate surface area is 115 Å². The second-order valence-corrected chi connectivity index (χ2v) is 4.34. The standard InChI is InChI=1S/C12H15N5O3/c1-16-7-9(5-14-16)4-13-12(20)10-6-15-17(8-10)3-2-11(18)19/h5-8H,2-4H2,1H3,(H,13,20)(H,18,19). The fourth-order valence-electron chi connectivity index (χ4n) is 1.66. The summed E-state index contributed by atoms with van der Waals surface area (Å²) in [5.74, 6) is -1.15. The van der Waals surface area contributed by atoms with E-state index in [4.69, 9.17) is 5.11 Å². The van der Waals surface area contributed by atoms with Gasteiger partial charge in [0.2, 0.25) is 0 Å². The van der Waals surface area contributed by atoms with Crippen molar-refractivity contribution in [3.8, 4) is 0 Å². The molecular weight excluding hydrogens is 262 g/mol. The van der Waals surface area contributed by atoms with Crippen LogP contribution in [-0.4, -0.2) is 36.5 Å². The van der Waals surface area contributed by atoms with Crippen LogP contribution in [0.1, 0.15) is 22.3 Å². The van der Waals surface area contributed by atoms with Crippen molar-refractivity contribution in [3.05, 3.63) is 35.9 Å². The molecule has 2 heterocycles. The van der Waals surface area contributed by atoms with E-state index in [1.165, 1.54) is 17.1 Å². The average molecular weight is 277 g/mol. The summed E-state index contributed by atoms with van der Waals surface area (Å²) in [6.07, 6.45) is 6.41. The number of carbonyl (C=O) groups excluding carboxylic acids is 1. The first-order valence-corrected chi connectivity index (χ1v) is 6.04. The molecule has 0 saturated carbocycles. The molecule has 2 rings (SSSR count). The number of carbonyl (C=O) groups is 2. The van der Waals surface area contributed by atoms with E-state index in [0.29, 0.717) is 12.1 Å². The van der Waals surface area contributed by atoms with Crippen LogP contribution >= 0.6 is 0 Å². The molecule has 0 aliphatic carbocycles. The van der Waals surface area contributed by atoms with Crippen molar-refractivity contribution in [1.29, 1.82) is 0 Å². The van der Waals surface area contributed by atoms with Crippen molar-refractivity contribution in [1.82, 2.24) is 24.9 Å². The van der Waals surface area contributed by atoms with Gasteiger partial charge >= 0.3 is 5.97 Å². The third-order valence-electron chi connectivity index (χ3n) is 2.66. The molecule has 2 N–H and O–H groups in total. The molecule has 2 aromatic heterocycles. The van der Waals surface area contributed by atoms with Gasteiger partial charge in [-0.1, -0.05) is 0 Å². The highest BCUT2D eigenvalue weighted by Gasteiger charge is 2.09. The highest BCUT2D eigenvalue weighted by molar-refractivity contribution is 5.93. The minimum Gasteiger partial charge on any atom is -0.481 e. The Morgan fingerprint density at radius 1 is 1.30 bits per heavy atom. The highest BCUT2D eigenvalue weighted by Crippen LogP contribution is 2.01. The minimum absolute atomic E-state index is 0.0293. The molecule has 0 unspecified atom stereocenters. The van der Waals surface area contributed by atoms with E-state index < -0.39 is 5.97 Å². The normalized spacial score (nSPS) is 10.4. The predicted octanol–water partition coefficient (Wildman–Crippen LogP) is 0.0213. The molecule has 0 aliphatic rings. The van der Waals surface area contributed by atoms with Crippen LogP contribution in [0.4, 0.5) is 0 Å². The lowest BCUT2D eigenvalue weighted by Gasteiger charge is -2.00. The van der Waals surface area contributed by atoms with Crippen LogP contribution in [0.5, 0.6) is 0 Å². The Bertz CT molecular complexity index is 616. The van der Waals surface area contributed by atoms with E-state index in [1.54, 1.807) is 17.9 Å². The first-order valence-electron chi connectivity index (χ1n) is 6.04. The number of aromatic nitrogens is 4. The minimum atomic E-state index is -0.900. The third-order valence-corrected chi connectivity index (χ3v) is 2.66. The Morgan fingerprint density at radius 2 is 2.10 bits per heavy atom. The van der Waals surface area contributed by atoms with Crippen LogP contribution in [0.15, 0.2) is 24.8 Å². The zero-order valence-corrected chi connectivity index (χ0v) is 11.0. The summed E-state index contributed by atoms with van der Waals surface area (Å²) in [4.78, 5) is 22.3. The number of hydrogen-bond donors (Lipinski definition) is 2. The number of rotatable bonds is 6. The summed E-state index contributed by atoms with van der Waals surface area (Å²) < 4.78 is 3.10. The number of nitrogens with one attached hydrogen (secondary N) is 1. The maximum atomic E-state index is 11.9. The summed E-state index contributed by atoms with van der Waals surface area (Å²) in [6.45, 7) is 0.623. The molecule has 20 heavy (non-hydrogen) atoms. The van der Waals surface area contributed by atoms with Gasteiger partial charge in [-0.25, -0.2) is 0 Å². The zero-order chi connectivity index (χ0) is 14.5. The number of amides is 1. The predicted molar refractivity (Wildman–Crippen MR) is 68.9 cm³/mol. The van der Waals surface area contributed by atoms with Crippen LogP contribution in [-0.2, 0) is 24.9 Å². The molecule has 2 aromatic rings. The van der Waals surface area contributed by atoms with E-state index in [2.05, 4.69) is 15.5 Å². The van der Waals surface area contributed by atoms with Crippen molar-refractivity contribution < 1.29 is 14.7 Å². The third kappa shape index (κ3) is 3.67. The van der Waals surface area contributed by atoms with Gasteiger partial charge in [0.25, 0.3) is 5.91 Å². The molecule has 0 atom stereocenters. The van der Waals surface area contributed by atoms with Crippen LogP contribution in [0.25, 0.3) is 0 Å². The smallest absolute Gasteiger partial charge is 0.305 e. The van der Waals surface area contributed by atoms with Gasteiger partial charge in [0.15, 0.2) is 0 Å². The average Bonchev–Trinajstić information content (AvgIpc) is 3.02. The van der Waals surface area contributed by atoms with Crippen molar-refractivity contribution in [2.24, 2.45) is 7.05 Å².